The molecule has 0 unspecified atom stereocenters. The first kappa shape index (κ1) is 28.4. The van der Waals surface area contributed by atoms with Crippen LogP contribution in [-0.2, 0) is 14.4 Å². The Bertz CT molecular complexity index is 1270. The lowest BCUT2D eigenvalue weighted by Gasteiger charge is -2.35. The zero-order chi connectivity index (χ0) is 27.9. The molecular formula is C29H36N4O5. The number of hydrogen-bond acceptors (Lipinski definition) is 6. The zero-order valence-electron chi connectivity index (χ0n) is 22.8. The SMILES string of the molecule is CCC(C)(C)NC(=O)[C@H](c1ccc(OC)cc1)N(C(=O)CCC(=O)Nc1cc(C)on1)c1ccccc1C. The quantitative estimate of drug-likeness (QED) is 0.364. The summed E-state index contributed by atoms with van der Waals surface area (Å²) in [5.41, 5.74) is 1.55. The van der Waals surface area contributed by atoms with Gasteiger partial charge in [-0.2, -0.15) is 0 Å². The molecule has 9 heteroatoms. The smallest absolute Gasteiger partial charge is 0.248 e. The van der Waals surface area contributed by atoms with Crippen LogP contribution in [0.5, 0.6) is 5.75 Å². The van der Waals surface area contributed by atoms with E-state index in [0.29, 0.717) is 29.2 Å². The molecule has 202 valence electrons. The maximum atomic E-state index is 13.9. The first-order valence-corrected chi connectivity index (χ1v) is 12.6. The van der Waals surface area contributed by atoms with E-state index in [2.05, 4.69) is 15.8 Å². The van der Waals surface area contributed by atoms with Gasteiger partial charge < -0.3 is 19.9 Å². The van der Waals surface area contributed by atoms with Crippen LogP contribution < -0.4 is 20.3 Å². The summed E-state index contributed by atoms with van der Waals surface area (Å²) in [5.74, 6) is 0.417. The average Bonchev–Trinajstić information content (AvgIpc) is 3.30. The maximum absolute atomic E-state index is 13.9. The van der Waals surface area contributed by atoms with Crippen LogP contribution >= 0.6 is 0 Å². The van der Waals surface area contributed by atoms with E-state index in [9.17, 15) is 14.4 Å². The Morgan fingerprint density at radius 1 is 1.05 bits per heavy atom. The van der Waals surface area contributed by atoms with Crippen molar-refractivity contribution in [1.29, 1.82) is 0 Å². The molecule has 38 heavy (non-hydrogen) atoms. The van der Waals surface area contributed by atoms with Crippen molar-refractivity contribution >= 4 is 29.2 Å². The van der Waals surface area contributed by atoms with Crippen LogP contribution in [0.2, 0.25) is 0 Å². The molecule has 1 atom stereocenters. The molecule has 0 spiro atoms. The fourth-order valence-corrected chi connectivity index (χ4v) is 3.92. The van der Waals surface area contributed by atoms with Gasteiger partial charge in [0.1, 0.15) is 17.6 Å². The van der Waals surface area contributed by atoms with Gasteiger partial charge in [-0.3, -0.25) is 19.3 Å². The number of carbonyl (C=O) groups excluding carboxylic acids is 3. The number of methoxy groups -OCH3 is 1. The van der Waals surface area contributed by atoms with Crippen molar-refractivity contribution in [2.24, 2.45) is 0 Å². The number of anilines is 2. The van der Waals surface area contributed by atoms with Gasteiger partial charge in [-0.15, -0.1) is 0 Å². The second kappa shape index (κ2) is 12.4. The molecule has 0 radical (unpaired) electrons. The summed E-state index contributed by atoms with van der Waals surface area (Å²) in [6, 6.07) is 15.1. The third-order valence-electron chi connectivity index (χ3n) is 6.39. The number of aryl methyl sites for hydroxylation is 2. The van der Waals surface area contributed by atoms with Gasteiger partial charge in [0.2, 0.25) is 17.7 Å². The van der Waals surface area contributed by atoms with Gasteiger partial charge in [0, 0.05) is 30.1 Å². The Balaban J connectivity index is 1.98. The number of rotatable bonds is 11. The molecule has 2 N–H and O–H groups in total. The molecule has 1 aromatic heterocycles. The van der Waals surface area contributed by atoms with Crippen LogP contribution in [0.3, 0.4) is 0 Å². The second-order valence-corrected chi connectivity index (χ2v) is 9.82. The predicted molar refractivity (Wildman–Crippen MR) is 146 cm³/mol. The van der Waals surface area contributed by atoms with Crippen LogP contribution in [0.25, 0.3) is 0 Å². The summed E-state index contributed by atoms with van der Waals surface area (Å²) in [4.78, 5) is 41.8. The first-order valence-electron chi connectivity index (χ1n) is 12.6. The van der Waals surface area contributed by atoms with Gasteiger partial charge in [0.15, 0.2) is 5.82 Å². The third-order valence-corrected chi connectivity index (χ3v) is 6.39. The van der Waals surface area contributed by atoms with E-state index in [-0.39, 0.29) is 36.4 Å². The molecule has 0 saturated carbocycles. The number of ether oxygens (including phenoxy) is 1. The summed E-state index contributed by atoms with van der Waals surface area (Å²) in [7, 11) is 1.57. The van der Waals surface area contributed by atoms with Crippen LogP contribution in [0, 0.1) is 13.8 Å². The lowest BCUT2D eigenvalue weighted by Crippen LogP contribution is -2.50. The molecule has 1 heterocycles. The molecular weight excluding hydrogens is 484 g/mol. The largest absolute Gasteiger partial charge is 0.497 e. The summed E-state index contributed by atoms with van der Waals surface area (Å²) in [6.07, 6.45) is 0.493. The first-order chi connectivity index (χ1) is 18.0. The maximum Gasteiger partial charge on any atom is 0.248 e. The fraction of sp³-hybridized carbons (Fsp3) is 0.379. The van der Waals surface area contributed by atoms with E-state index in [1.54, 1.807) is 50.4 Å². The molecule has 0 saturated heterocycles. The highest BCUT2D eigenvalue weighted by Crippen LogP contribution is 2.32. The van der Waals surface area contributed by atoms with E-state index in [0.717, 1.165) is 5.56 Å². The Hall–Kier alpha value is -4.14. The van der Waals surface area contributed by atoms with Crippen LogP contribution in [-0.4, -0.2) is 35.5 Å². The molecule has 0 aliphatic carbocycles. The van der Waals surface area contributed by atoms with Crippen LogP contribution in [0.4, 0.5) is 11.5 Å². The van der Waals surface area contributed by atoms with Crippen molar-refractivity contribution in [3.05, 3.63) is 71.5 Å². The van der Waals surface area contributed by atoms with E-state index in [1.807, 2.05) is 45.9 Å². The minimum absolute atomic E-state index is 0.0927. The highest BCUT2D eigenvalue weighted by Gasteiger charge is 2.35. The van der Waals surface area contributed by atoms with Gasteiger partial charge in [-0.25, -0.2) is 0 Å². The van der Waals surface area contributed by atoms with E-state index in [4.69, 9.17) is 9.26 Å². The van der Waals surface area contributed by atoms with Crippen molar-refractivity contribution in [3.8, 4) is 5.75 Å². The molecule has 0 bridgehead atoms. The molecule has 0 aliphatic heterocycles. The van der Waals surface area contributed by atoms with E-state index < -0.39 is 11.6 Å². The van der Waals surface area contributed by atoms with Gasteiger partial charge in [-0.1, -0.05) is 42.4 Å². The standard InChI is InChI=1S/C29H36N4O5/c1-7-29(4,5)31-28(36)27(21-12-14-22(37-6)15-13-21)33(23-11-9-8-10-19(23)2)26(35)17-16-25(34)30-24-18-20(3)38-32-24/h8-15,18,27H,7,16-17H2,1-6H3,(H,31,36)(H,30,32,34)/t27-/m0/s1. The number of aromatic nitrogens is 1. The number of carbonyl (C=O) groups is 3. The average molecular weight is 521 g/mol. The molecule has 0 fully saturated rings. The molecule has 0 aliphatic rings. The predicted octanol–water partition coefficient (Wildman–Crippen LogP) is 5.10. The van der Waals surface area contributed by atoms with Crippen LogP contribution in [0.1, 0.15) is 63.0 Å². The Labute approximate surface area is 223 Å². The van der Waals surface area contributed by atoms with Gasteiger partial charge in [0.05, 0.1) is 7.11 Å². The van der Waals surface area contributed by atoms with E-state index >= 15 is 0 Å². The minimum Gasteiger partial charge on any atom is -0.497 e. The van der Waals surface area contributed by atoms with Gasteiger partial charge in [-0.05, 0) is 63.4 Å². The summed E-state index contributed by atoms with van der Waals surface area (Å²) in [5, 5.41) is 9.49. The summed E-state index contributed by atoms with van der Waals surface area (Å²) >= 11 is 0. The Kier molecular flexibility index (Phi) is 9.28. The third kappa shape index (κ3) is 7.21. The van der Waals surface area contributed by atoms with E-state index in [1.165, 1.54) is 4.90 Å². The monoisotopic (exact) mass is 520 g/mol. The molecule has 9 nitrogen and oxygen atoms in total. The van der Waals surface area contributed by atoms with Crippen molar-refractivity contribution in [2.45, 2.75) is 65.5 Å². The zero-order valence-corrected chi connectivity index (χ0v) is 22.8. The highest BCUT2D eigenvalue weighted by molar-refractivity contribution is 6.03. The number of hydrogen-bond donors (Lipinski definition) is 2. The topological polar surface area (TPSA) is 114 Å². The number of benzene rings is 2. The number of nitrogens with zero attached hydrogens (tertiary/aromatic N) is 2. The number of nitrogens with one attached hydrogen (secondary N) is 2. The molecule has 3 rings (SSSR count). The van der Waals surface area contributed by atoms with Crippen LogP contribution in [0.15, 0.2) is 59.1 Å². The lowest BCUT2D eigenvalue weighted by atomic mass is 9.97. The Morgan fingerprint density at radius 2 is 1.74 bits per heavy atom. The lowest BCUT2D eigenvalue weighted by molar-refractivity contribution is -0.128. The second-order valence-electron chi connectivity index (χ2n) is 9.82. The van der Waals surface area contributed by atoms with Crippen molar-refractivity contribution in [2.75, 3.05) is 17.3 Å². The van der Waals surface area contributed by atoms with Crippen molar-refractivity contribution in [3.63, 3.8) is 0 Å². The number of para-hydroxylation sites is 1. The fourth-order valence-electron chi connectivity index (χ4n) is 3.92. The normalized spacial score (nSPS) is 11.9. The highest BCUT2D eigenvalue weighted by atomic mass is 16.5. The van der Waals surface area contributed by atoms with Crippen molar-refractivity contribution in [1.82, 2.24) is 10.5 Å². The van der Waals surface area contributed by atoms with Crippen molar-refractivity contribution < 1.29 is 23.6 Å². The Morgan fingerprint density at radius 3 is 2.32 bits per heavy atom. The van der Waals surface area contributed by atoms with Gasteiger partial charge >= 0.3 is 0 Å². The molecule has 3 aromatic rings. The number of amides is 3. The molecule has 3 amide bonds. The van der Waals surface area contributed by atoms with Gasteiger partial charge in [0.25, 0.3) is 0 Å². The molecule has 2 aromatic carbocycles. The summed E-state index contributed by atoms with van der Waals surface area (Å²) in [6.45, 7) is 9.46. The minimum atomic E-state index is -0.971. The summed E-state index contributed by atoms with van der Waals surface area (Å²) < 4.78 is 10.3.